The molecule has 0 aromatic heterocycles. The number of hydrogen-bond donors (Lipinski definition) is 3. The van der Waals surface area contributed by atoms with Crippen LogP contribution in [0.4, 0.5) is 4.39 Å². The number of halogens is 2. The third-order valence-electron chi connectivity index (χ3n) is 4.04. The van der Waals surface area contributed by atoms with Gasteiger partial charge in [-0.3, -0.25) is 9.59 Å². The van der Waals surface area contributed by atoms with Crippen LogP contribution in [0.2, 0.25) is 0 Å². The van der Waals surface area contributed by atoms with Crippen molar-refractivity contribution in [2.45, 2.75) is 31.8 Å². The quantitative estimate of drug-likeness (QED) is 0.575. The fourth-order valence-electron chi connectivity index (χ4n) is 2.67. The van der Waals surface area contributed by atoms with Crippen molar-refractivity contribution in [1.29, 1.82) is 0 Å². The van der Waals surface area contributed by atoms with E-state index in [1.807, 2.05) is 0 Å². The number of carbonyl (C=O) groups excluding carboxylic acids is 2. The zero-order valence-electron chi connectivity index (χ0n) is 15.1. The van der Waals surface area contributed by atoms with Crippen molar-refractivity contribution in [2.24, 2.45) is 0 Å². The van der Waals surface area contributed by atoms with E-state index in [0.29, 0.717) is 0 Å². The summed E-state index contributed by atoms with van der Waals surface area (Å²) in [7, 11) is 0. The van der Waals surface area contributed by atoms with E-state index < -0.39 is 35.7 Å². The van der Waals surface area contributed by atoms with Crippen LogP contribution in [0.15, 0.2) is 53.0 Å². The largest absolute Gasteiger partial charge is 0.480 e. The van der Waals surface area contributed by atoms with Gasteiger partial charge in [0, 0.05) is 24.2 Å². The van der Waals surface area contributed by atoms with Gasteiger partial charge in [-0.2, -0.15) is 0 Å². The first-order valence-corrected chi connectivity index (χ1v) is 9.33. The molecule has 2 aromatic rings. The molecule has 2 aromatic carbocycles. The van der Waals surface area contributed by atoms with Crippen LogP contribution in [0.25, 0.3) is 0 Å². The molecule has 148 valence electrons. The summed E-state index contributed by atoms with van der Waals surface area (Å²) in [4.78, 5) is 35.7. The van der Waals surface area contributed by atoms with Gasteiger partial charge in [-0.25, -0.2) is 9.18 Å². The van der Waals surface area contributed by atoms with Crippen LogP contribution in [-0.4, -0.2) is 35.0 Å². The van der Waals surface area contributed by atoms with Crippen molar-refractivity contribution in [3.63, 3.8) is 0 Å². The van der Waals surface area contributed by atoms with Crippen LogP contribution in [-0.2, 0) is 27.2 Å². The van der Waals surface area contributed by atoms with Crippen molar-refractivity contribution in [3.8, 4) is 0 Å². The summed E-state index contributed by atoms with van der Waals surface area (Å²) in [6.07, 6.45) is -0.0243. The molecule has 0 aliphatic carbocycles. The van der Waals surface area contributed by atoms with Gasteiger partial charge in [0.1, 0.15) is 17.9 Å². The highest BCUT2D eigenvalue weighted by Gasteiger charge is 2.27. The third-order valence-corrected chi connectivity index (χ3v) is 4.57. The molecule has 0 saturated carbocycles. The molecule has 3 N–H and O–H groups in total. The number of carbonyl (C=O) groups is 3. The molecule has 0 fully saturated rings. The van der Waals surface area contributed by atoms with Gasteiger partial charge in [-0.15, -0.1) is 0 Å². The van der Waals surface area contributed by atoms with Crippen LogP contribution in [0.5, 0.6) is 0 Å². The topological polar surface area (TPSA) is 95.5 Å². The molecule has 6 nitrogen and oxygen atoms in total. The second kappa shape index (κ2) is 9.98. The number of carboxylic acid groups (broad SMARTS) is 1. The van der Waals surface area contributed by atoms with E-state index in [9.17, 15) is 23.9 Å². The molecule has 2 atom stereocenters. The van der Waals surface area contributed by atoms with Crippen LogP contribution >= 0.6 is 15.9 Å². The predicted molar refractivity (Wildman–Crippen MR) is 105 cm³/mol. The number of aliphatic carboxylic acids is 1. The minimum absolute atomic E-state index is 0.0703. The zero-order valence-corrected chi connectivity index (χ0v) is 16.7. The van der Waals surface area contributed by atoms with Gasteiger partial charge >= 0.3 is 5.97 Å². The van der Waals surface area contributed by atoms with Crippen molar-refractivity contribution >= 4 is 33.7 Å². The maximum absolute atomic E-state index is 13.9. The van der Waals surface area contributed by atoms with E-state index in [-0.39, 0.29) is 18.4 Å². The van der Waals surface area contributed by atoms with E-state index in [1.165, 1.54) is 25.1 Å². The molecule has 0 aliphatic heterocycles. The number of carboxylic acids is 1. The smallest absolute Gasteiger partial charge is 0.326 e. The van der Waals surface area contributed by atoms with E-state index in [1.54, 1.807) is 30.3 Å². The second-order valence-corrected chi connectivity index (χ2v) is 7.19. The predicted octanol–water partition coefficient (Wildman–Crippen LogP) is 2.45. The Kier molecular flexibility index (Phi) is 7.69. The Balaban J connectivity index is 2.14. The molecule has 8 heteroatoms. The molecule has 0 heterocycles. The highest BCUT2D eigenvalue weighted by atomic mass is 79.9. The van der Waals surface area contributed by atoms with Gasteiger partial charge in [-0.05, 0) is 29.3 Å². The Labute approximate surface area is 170 Å². The number of benzene rings is 2. The van der Waals surface area contributed by atoms with Crippen molar-refractivity contribution in [2.75, 3.05) is 0 Å². The highest BCUT2D eigenvalue weighted by Crippen LogP contribution is 2.13. The van der Waals surface area contributed by atoms with Crippen molar-refractivity contribution in [1.82, 2.24) is 10.6 Å². The summed E-state index contributed by atoms with van der Waals surface area (Å²) in [6, 6.07) is 10.7. The first kappa shape index (κ1) is 21.6. The summed E-state index contributed by atoms with van der Waals surface area (Å²) in [5, 5.41) is 14.4. The summed E-state index contributed by atoms with van der Waals surface area (Å²) in [6.45, 7) is 1.23. The summed E-state index contributed by atoms with van der Waals surface area (Å²) >= 11 is 3.30. The molecular weight excluding hydrogens is 431 g/mol. The van der Waals surface area contributed by atoms with Gasteiger partial charge in [0.05, 0.1) is 0 Å². The van der Waals surface area contributed by atoms with Crippen molar-refractivity contribution < 1.29 is 23.9 Å². The van der Waals surface area contributed by atoms with Crippen LogP contribution in [0.3, 0.4) is 0 Å². The first-order valence-electron chi connectivity index (χ1n) is 8.54. The lowest BCUT2D eigenvalue weighted by atomic mass is 10.0. The normalized spacial score (nSPS) is 12.7. The molecule has 0 saturated heterocycles. The Morgan fingerprint density at radius 1 is 1.00 bits per heavy atom. The number of amides is 2. The van der Waals surface area contributed by atoms with Crippen LogP contribution < -0.4 is 10.6 Å². The van der Waals surface area contributed by atoms with Gasteiger partial charge < -0.3 is 15.7 Å². The Bertz CT molecular complexity index is 858. The van der Waals surface area contributed by atoms with E-state index in [0.717, 1.165) is 10.0 Å². The molecular formula is C20H20BrFN2O4. The third kappa shape index (κ3) is 6.45. The SMILES string of the molecule is CC(=O)N[C@H](Cc1ccccc1F)C(=O)N[C@H](Cc1ccc(Br)cc1)C(=O)O. The lowest BCUT2D eigenvalue weighted by Crippen LogP contribution is -2.52. The number of nitrogens with one attached hydrogen (secondary N) is 2. The average Bonchev–Trinajstić information content (AvgIpc) is 2.63. The van der Waals surface area contributed by atoms with Gasteiger partial charge in [-0.1, -0.05) is 46.3 Å². The summed E-state index contributed by atoms with van der Waals surface area (Å²) < 4.78 is 14.8. The van der Waals surface area contributed by atoms with E-state index in [2.05, 4.69) is 26.6 Å². The minimum Gasteiger partial charge on any atom is -0.480 e. The lowest BCUT2D eigenvalue weighted by molar-refractivity contribution is -0.142. The fourth-order valence-corrected chi connectivity index (χ4v) is 2.93. The molecule has 0 spiro atoms. The summed E-state index contributed by atoms with van der Waals surface area (Å²) in [5.41, 5.74) is 0.970. The molecule has 0 aliphatic rings. The van der Waals surface area contributed by atoms with Crippen LogP contribution in [0, 0.1) is 5.82 Å². The van der Waals surface area contributed by atoms with E-state index >= 15 is 0 Å². The Morgan fingerprint density at radius 2 is 1.64 bits per heavy atom. The first-order chi connectivity index (χ1) is 13.3. The van der Waals surface area contributed by atoms with Gasteiger partial charge in [0.15, 0.2) is 0 Å². The molecule has 2 amide bonds. The fraction of sp³-hybridized carbons (Fsp3) is 0.250. The number of rotatable bonds is 8. The Morgan fingerprint density at radius 3 is 2.21 bits per heavy atom. The monoisotopic (exact) mass is 450 g/mol. The van der Waals surface area contributed by atoms with Gasteiger partial charge in [0.25, 0.3) is 0 Å². The minimum atomic E-state index is -1.20. The number of hydrogen-bond acceptors (Lipinski definition) is 3. The standard InChI is InChI=1S/C20H20BrFN2O4/c1-12(25)23-17(11-14-4-2-3-5-16(14)22)19(26)24-18(20(27)28)10-13-6-8-15(21)9-7-13/h2-9,17-18H,10-11H2,1H3,(H,23,25)(H,24,26)(H,27,28)/t17-,18-/m1/s1. The lowest BCUT2D eigenvalue weighted by Gasteiger charge is -2.21. The molecule has 28 heavy (non-hydrogen) atoms. The van der Waals surface area contributed by atoms with Crippen molar-refractivity contribution in [3.05, 3.63) is 69.9 Å². The zero-order chi connectivity index (χ0) is 20.7. The molecule has 0 bridgehead atoms. The Hall–Kier alpha value is -2.74. The molecule has 2 rings (SSSR count). The second-order valence-electron chi connectivity index (χ2n) is 6.28. The highest BCUT2D eigenvalue weighted by molar-refractivity contribution is 9.10. The maximum atomic E-state index is 13.9. The van der Waals surface area contributed by atoms with Crippen LogP contribution in [0.1, 0.15) is 18.1 Å². The molecule has 0 radical (unpaired) electrons. The summed E-state index contributed by atoms with van der Waals surface area (Å²) in [5.74, 6) is -2.88. The average molecular weight is 451 g/mol. The molecule has 0 unspecified atom stereocenters. The van der Waals surface area contributed by atoms with E-state index in [4.69, 9.17) is 0 Å². The van der Waals surface area contributed by atoms with Gasteiger partial charge in [0.2, 0.25) is 11.8 Å². The maximum Gasteiger partial charge on any atom is 0.326 e.